The molecule has 0 amide bonds. The summed E-state index contributed by atoms with van der Waals surface area (Å²) in [6.45, 7) is 4.43. The van der Waals surface area contributed by atoms with Gasteiger partial charge in [0.1, 0.15) is 0 Å². The van der Waals surface area contributed by atoms with Crippen LogP contribution in [0.15, 0.2) is 18.2 Å². The molecule has 2 rings (SSSR count). The Morgan fingerprint density at radius 2 is 2.33 bits per heavy atom. The molecule has 0 saturated heterocycles. The monoisotopic (exact) mass is 204 g/mol. The molecule has 2 N–H and O–H groups in total. The summed E-state index contributed by atoms with van der Waals surface area (Å²) < 4.78 is 0. The molecule has 0 fully saturated rings. The fourth-order valence-corrected chi connectivity index (χ4v) is 2.32. The van der Waals surface area contributed by atoms with Gasteiger partial charge in [-0.05, 0) is 43.0 Å². The maximum atomic E-state index is 3.40. The van der Waals surface area contributed by atoms with Crippen LogP contribution < -0.4 is 10.6 Å². The lowest BCUT2D eigenvalue weighted by Crippen LogP contribution is -2.16. The molecule has 0 aliphatic carbocycles. The van der Waals surface area contributed by atoms with Crippen LogP contribution in [0.3, 0.4) is 0 Å². The topological polar surface area (TPSA) is 24.1 Å². The van der Waals surface area contributed by atoms with Crippen molar-refractivity contribution in [2.45, 2.75) is 25.7 Å². The molecule has 15 heavy (non-hydrogen) atoms. The number of hydrogen-bond acceptors (Lipinski definition) is 2. The van der Waals surface area contributed by atoms with E-state index in [0.717, 1.165) is 13.1 Å². The second-order valence-corrected chi connectivity index (χ2v) is 4.26. The predicted molar refractivity (Wildman–Crippen MR) is 65.6 cm³/mol. The predicted octanol–water partition coefficient (Wildman–Crippen LogP) is 2.37. The number of likely N-dealkylation sites (N-methyl/N-ethyl adjacent to an activating group) is 1. The van der Waals surface area contributed by atoms with Crippen molar-refractivity contribution in [3.63, 3.8) is 0 Å². The van der Waals surface area contributed by atoms with Gasteiger partial charge in [0.25, 0.3) is 0 Å². The van der Waals surface area contributed by atoms with Gasteiger partial charge in [-0.15, -0.1) is 0 Å². The van der Waals surface area contributed by atoms with Crippen LogP contribution in [0.4, 0.5) is 5.69 Å². The summed E-state index contributed by atoms with van der Waals surface area (Å²) in [7, 11) is 2.03. The Morgan fingerprint density at radius 1 is 1.47 bits per heavy atom. The third-order valence-electron chi connectivity index (χ3n) is 3.25. The molecule has 1 aromatic rings. The highest BCUT2D eigenvalue weighted by atomic mass is 14.9. The lowest BCUT2D eigenvalue weighted by Gasteiger charge is -2.15. The number of anilines is 1. The zero-order valence-electron chi connectivity index (χ0n) is 9.64. The summed E-state index contributed by atoms with van der Waals surface area (Å²) in [5, 5.41) is 6.67. The number of benzene rings is 1. The van der Waals surface area contributed by atoms with E-state index in [1.54, 1.807) is 0 Å². The molecule has 1 aromatic carbocycles. The Labute approximate surface area is 92.1 Å². The first kappa shape index (κ1) is 10.5. The maximum Gasteiger partial charge on any atom is 0.0373 e. The van der Waals surface area contributed by atoms with Crippen LogP contribution in [0, 0.1) is 0 Å². The van der Waals surface area contributed by atoms with Gasteiger partial charge in [-0.2, -0.15) is 0 Å². The molecule has 0 aromatic heterocycles. The Kier molecular flexibility index (Phi) is 3.27. The van der Waals surface area contributed by atoms with Gasteiger partial charge < -0.3 is 10.6 Å². The molecule has 0 spiro atoms. The third-order valence-corrected chi connectivity index (χ3v) is 3.25. The van der Waals surface area contributed by atoms with Crippen molar-refractivity contribution in [3.8, 4) is 0 Å². The quantitative estimate of drug-likeness (QED) is 0.787. The Morgan fingerprint density at radius 3 is 3.07 bits per heavy atom. The van der Waals surface area contributed by atoms with Crippen LogP contribution in [-0.4, -0.2) is 20.1 Å². The number of rotatable bonds is 4. The molecule has 1 heterocycles. The normalized spacial score (nSPS) is 15.9. The van der Waals surface area contributed by atoms with Gasteiger partial charge in [0.05, 0.1) is 0 Å². The van der Waals surface area contributed by atoms with Crippen LogP contribution in [0.25, 0.3) is 0 Å². The van der Waals surface area contributed by atoms with E-state index >= 15 is 0 Å². The maximum absolute atomic E-state index is 3.40. The highest BCUT2D eigenvalue weighted by Gasteiger charge is 2.13. The highest BCUT2D eigenvalue weighted by Crippen LogP contribution is 2.27. The van der Waals surface area contributed by atoms with Crippen molar-refractivity contribution < 1.29 is 0 Å². The first-order valence-electron chi connectivity index (χ1n) is 5.86. The fourth-order valence-electron chi connectivity index (χ4n) is 2.32. The zero-order chi connectivity index (χ0) is 10.7. The summed E-state index contributed by atoms with van der Waals surface area (Å²) in [6.07, 6.45) is 2.38. The largest absolute Gasteiger partial charge is 0.384 e. The number of nitrogens with one attached hydrogen (secondary N) is 2. The number of fused-ring (bicyclic) bond motifs is 1. The molecule has 2 nitrogen and oxygen atoms in total. The van der Waals surface area contributed by atoms with E-state index in [-0.39, 0.29) is 0 Å². The van der Waals surface area contributed by atoms with Crippen molar-refractivity contribution >= 4 is 5.69 Å². The van der Waals surface area contributed by atoms with Crippen molar-refractivity contribution in [1.82, 2.24) is 5.32 Å². The molecular formula is C13H20N2. The Balaban J connectivity index is 2.20. The van der Waals surface area contributed by atoms with Gasteiger partial charge in [0.2, 0.25) is 0 Å². The van der Waals surface area contributed by atoms with Gasteiger partial charge >= 0.3 is 0 Å². The van der Waals surface area contributed by atoms with Crippen molar-refractivity contribution in [3.05, 3.63) is 29.3 Å². The van der Waals surface area contributed by atoms with Gasteiger partial charge in [-0.1, -0.05) is 19.1 Å². The minimum absolute atomic E-state index is 0.654. The molecule has 0 bridgehead atoms. The molecule has 1 aliphatic heterocycles. The van der Waals surface area contributed by atoms with E-state index in [2.05, 4.69) is 35.8 Å². The van der Waals surface area contributed by atoms with Gasteiger partial charge in [0.15, 0.2) is 0 Å². The van der Waals surface area contributed by atoms with Crippen molar-refractivity contribution in [2.75, 3.05) is 25.5 Å². The number of hydrogen-bond donors (Lipinski definition) is 2. The first-order chi connectivity index (χ1) is 7.35. The van der Waals surface area contributed by atoms with E-state index in [4.69, 9.17) is 0 Å². The molecule has 82 valence electrons. The van der Waals surface area contributed by atoms with Crippen molar-refractivity contribution in [1.29, 1.82) is 0 Å². The van der Waals surface area contributed by atoms with Gasteiger partial charge in [-0.25, -0.2) is 0 Å². The molecule has 0 saturated carbocycles. The third kappa shape index (κ3) is 2.15. The average molecular weight is 204 g/mol. The molecule has 2 heteroatoms. The minimum Gasteiger partial charge on any atom is -0.384 e. The smallest absolute Gasteiger partial charge is 0.0373 e. The Hall–Kier alpha value is -1.02. The zero-order valence-corrected chi connectivity index (χ0v) is 9.64. The van der Waals surface area contributed by atoms with E-state index in [1.165, 1.54) is 29.7 Å². The second kappa shape index (κ2) is 4.67. The van der Waals surface area contributed by atoms with Crippen LogP contribution in [0.5, 0.6) is 0 Å². The molecule has 0 radical (unpaired) electrons. The summed E-state index contributed by atoms with van der Waals surface area (Å²) in [4.78, 5) is 0. The van der Waals surface area contributed by atoms with Crippen molar-refractivity contribution in [2.24, 2.45) is 0 Å². The summed E-state index contributed by atoms with van der Waals surface area (Å²) >= 11 is 0. The fraction of sp³-hybridized carbons (Fsp3) is 0.538. The molecule has 1 atom stereocenters. The SMILES string of the molecule is CCC(CNC)c1ccc2c(c1)CCN2. The van der Waals surface area contributed by atoms with Crippen LogP contribution >= 0.6 is 0 Å². The highest BCUT2D eigenvalue weighted by molar-refractivity contribution is 5.56. The minimum atomic E-state index is 0.654. The Bertz CT molecular complexity index is 333. The second-order valence-electron chi connectivity index (χ2n) is 4.26. The van der Waals surface area contributed by atoms with E-state index in [9.17, 15) is 0 Å². The summed E-state index contributed by atoms with van der Waals surface area (Å²) in [5.41, 5.74) is 4.30. The summed E-state index contributed by atoms with van der Waals surface area (Å²) in [6, 6.07) is 6.87. The van der Waals surface area contributed by atoms with Gasteiger partial charge in [-0.3, -0.25) is 0 Å². The average Bonchev–Trinajstić information content (AvgIpc) is 2.72. The van der Waals surface area contributed by atoms with E-state index < -0.39 is 0 Å². The standard InChI is InChI=1S/C13H20N2/c1-3-10(9-14-2)11-4-5-13-12(8-11)6-7-15-13/h4-5,8,10,14-15H,3,6-7,9H2,1-2H3. The van der Waals surface area contributed by atoms with E-state index in [1.807, 2.05) is 7.05 Å². The lowest BCUT2D eigenvalue weighted by atomic mass is 9.94. The lowest BCUT2D eigenvalue weighted by molar-refractivity contribution is 0.611. The van der Waals surface area contributed by atoms with Gasteiger partial charge in [0, 0.05) is 18.8 Å². The van der Waals surface area contributed by atoms with E-state index in [0.29, 0.717) is 5.92 Å². The molecule has 1 aliphatic rings. The van der Waals surface area contributed by atoms with Crippen LogP contribution in [0.2, 0.25) is 0 Å². The first-order valence-corrected chi connectivity index (χ1v) is 5.86. The molecule has 1 unspecified atom stereocenters. The molecular weight excluding hydrogens is 184 g/mol. The van der Waals surface area contributed by atoms with Crippen LogP contribution in [0.1, 0.15) is 30.4 Å². The summed E-state index contributed by atoms with van der Waals surface area (Å²) in [5.74, 6) is 0.654. The van der Waals surface area contributed by atoms with Crippen LogP contribution in [-0.2, 0) is 6.42 Å².